The van der Waals surface area contributed by atoms with Crippen molar-refractivity contribution in [1.29, 1.82) is 0 Å². The SMILES string of the molecule is CC(C)Cc1nc([C@@H]2CCCN2C)n(-c2ccccn2)n1. The number of rotatable bonds is 4. The van der Waals surface area contributed by atoms with Gasteiger partial charge in [-0.25, -0.2) is 9.97 Å². The summed E-state index contributed by atoms with van der Waals surface area (Å²) in [5.74, 6) is 3.37. The van der Waals surface area contributed by atoms with E-state index >= 15 is 0 Å². The lowest BCUT2D eigenvalue weighted by atomic mass is 10.1. The standard InChI is InChI=1S/C16H23N5/c1-12(2)11-14-18-16(13-7-6-10-20(13)3)21(19-14)15-8-4-5-9-17-15/h4-5,8-9,12-13H,6-7,10-11H2,1-3H3/t13-/m0/s1. The van der Waals surface area contributed by atoms with Crippen LogP contribution in [0.25, 0.3) is 5.82 Å². The number of pyridine rings is 1. The van der Waals surface area contributed by atoms with Gasteiger partial charge in [-0.1, -0.05) is 19.9 Å². The monoisotopic (exact) mass is 285 g/mol. The summed E-state index contributed by atoms with van der Waals surface area (Å²) in [7, 11) is 2.16. The normalized spacial score (nSPS) is 19.5. The highest BCUT2D eigenvalue weighted by molar-refractivity contribution is 5.23. The Morgan fingerprint density at radius 1 is 1.33 bits per heavy atom. The Hall–Kier alpha value is -1.75. The molecule has 5 heteroatoms. The van der Waals surface area contributed by atoms with Gasteiger partial charge >= 0.3 is 0 Å². The molecule has 3 heterocycles. The van der Waals surface area contributed by atoms with E-state index in [4.69, 9.17) is 10.1 Å². The van der Waals surface area contributed by atoms with E-state index in [1.807, 2.05) is 22.9 Å². The van der Waals surface area contributed by atoms with E-state index in [-0.39, 0.29) is 0 Å². The minimum absolute atomic E-state index is 0.348. The smallest absolute Gasteiger partial charge is 0.155 e. The predicted molar refractivity (Wildman–Crippen MR) is 82.3 cm³/mol. The molecule has 5 nitrogen and oxygen atoms in total. The molecule has 3 rings (SSSR count). The maximum absolute atomic E-state index is 4.83. The third kappa shape index (κ3) is 2.97. The second-order valence-corrected chi connectivity index (χ2v) is 6.22. The van der Waals surface area contributed by atoms with Crippen LogP contribution in [0.15, 0.2) is 24.4 Å². The first-order valence-electron chi connectivity index (χ1n) is 7.72. The molecule has 0 radical (unpaired) electrons. The summed E-state index contributed by atoms with van der Waals surface area (Å²) in [6.45, 7) is 5.52. The van der Waals surface area contributed by atoms with Gasteiger partial charge in [-0.2, -0.15) is 4.68 Å². The van der Waals surface area contributed by atoms with Crippen LogP contribution >= 0.6 is 0 Å². The lowest BCUT2D eigenvalue weighted by Gasteiger charge is -2.18. The Morgan fingerprint density at radius 2 is 2.19 bits per heavy atom. The third-order valence-corrected chi connectivity index (χ3v) is 3.95. The Balaban J connectivity index is 2.01. The van der Waals surface area contributed by atoms with Gasteiger partial charge in [0.1, 0.15) is 0 Å². The quantitative estimate of drug-likeness (QED) is 0.866. The first-order chi connectivity index (χ1) is 10.1. The molecule has 1 fully saturated rings. The lowest BCUT2D eigenvalue weighted by Crippen LogP contribution is -2.21. The third-order valence-electron chi connectivity index (χ3n) is 3.95. The van der Waals surface area contributed by atoms with Crippen LogP contribution in [0.3, 0.4) is 0 Å². The maximum atomic E-state index is 4.83. The van der Waals surface area contributed by atoms with Crippen molar-refractivity contribution in [2.75, 3.05) is 13.6 Å². The molecule has 1 saturated heterocycles. The zero-order valence-electron chi connectivity index (χ0n) is 13.0. The summed E-state index contributed by atoms with van der Waals surface area (Å²) in [6.07, 6.45) is 5.07. The highest BCUT2D eigenvalue weighted by atomic mass is 15.4. The molecule has 0 N–H and O–H groups in total. The molecule has 1 aliphatic heterocycles. The molecule has 0 spiro atoms. The molecule has 2 aromatic heterocycles. The molecule has 21 heavy (non-hydrogen) atoms. The van der Waals surface area contributed by atoms with Crippen molar-refractivity contribution >= 4 is 0 Å². The fourth-order valence-corrected chi connectivity index (χ4v) is 2.92. The Kier molecular flexibility index (Phi) is 4.01. The first-order valence-corrected chi connectivity index (χ1v) is 7.72. The fourth-order valence-electron chi connectivity index (χ4n) is 2.92. The summed E-state index contributed by atoms with van der Waals surface area (Å²) in [5, 5.41) is 4.72. The van der Waals surface area contributed by atoms with Crippen molar-refractivity contribution in [3.05, 3.63) is 36.0 Å². The predicted octanol–water partition coefficient (Wildman–Crippen LogP) is 2.63. The van der Waals surface area contributed by atoms with Gasteiger partial charge in [-0.15, -0.1) is 5.10 Å². The molecular weight excluding hydrogens is 262 g/mol. The maximum Gasteiger partial charge on any atom is 0.155 e. The molecular formula is C16H23N5. The van der Waals surface area contributed by atoms with Gasteiger partial charge in [0.2, 0.25) is 0 Å². The van der Waals surface area contributed by atoms with Gasteiger partial charge in [0.05, 0.1) is 6.04 Å². The molecule has 0 aromatic carbocycles. The molecule has 1 aliphatic rings. The molecule has 1 atom stereocenters. The van der Waals surface area contributed by atoms with Gasteiger partial charge in [0.15, 0.2) is 17.5 Å². The second-order valence-electron chi connectivity index (χ2n) is 6.22. The van der Waals surface area contributed by atoms with E-state index < -0.39 is 0 Å². The zero-order chi connectivity index (χ0) is 14.8. The molecule has 0 saturated carbocycles. The van der Waals surface area contributed by atoms with Crippen LogP contribution in [-0.2, 0) is 6.42 Å². The van der Waals surface area contributed by atoms with Gasteiger partial charge in [-0.05, 0) is 44.5 Å². The highest BCUT2D eigenvalue weighted by Crippen LogP contribution is 2.30. The van der Waals surface area contributed by atoms with Crippen LogP contribution < -0.4 is 0 Å². The van der Waals surface area contributed by atoms with E-state index in [0.29, 0.717) is 12.0 Å². The molecule has 2 aromatic rings. The molecule has 0 bridgehead atoms. The molecule has 0 unspecified atom stereocenters. The largest absolute Gasteiger partial charge is 0.296 e. The van der Waals surface area contributed by atoms with Crippen LogP contribution in [0.1, 0.15) is 44.4 Å². The van der Waals surface area contributed by atoms with E-state index in [1.165, 1.54) is 6.42 Å². The number of likely N-dealkylation sites (tertiary alicyclic amines) is 1. The summed E-state index contributed by atoms with van der Waals surface area (Å²) in [6, 6.07) is 6.26. The zero-order valence-corrected chi connectivity index (χ0v) is 13.0. The van der Waals surface area contributed by atoms with Crippen molar-refractivity contribution in [1.82, 2.24) is 24.6 Å². The number of aromatic nitrogens is 4. The minimum Gasteiger partial charge on any atom is -0.296 e. The van der Waals surface area contributed by atoms with Crippen molar-refractivity contribution in [3.63, 3.8) is 0 Å². The minimum atomic E-state index is 0.348. The van der Waals surface area contributed by atoms with Crippen LogP contribution in [0.4, 0.5) is 0 Å². The fraction of sp³-hybridized carbons (Fsp3) is 0.562. The molecule has 0 aliphatic carbocycles. The van der Waals surface area contributed by atoms with Crippen LogP contribution in [0, 0.1) is 5.92 Å². The number of hydrogen-bond acceptors (Lipinski definition) is 4. The van der Waals surface area contributed by atoms with Crippen molar-refractivity contribution in [2.24, 2.45) is 5.92 Å². The van der Waals surface area contributed by atoms with Crippen LogP contribution in [0.5, 0.6) is 0 Å². The molecule has 0 amide bonds. The second kappa shape index (κ2) is 5.93. The van der Waals surface area contributed by atoms with E-state index in [1.54, 1.807) is 6.20 Å². The Morgan fingerprint density at radius 3 is 2.81 bits per heavy atom. The van der Waals surface area contributed by atoms with E-state index in [2.05, 4.69) is 30.8 Å². The van der Waals surface area contributed by atoms with Gasteiger partial charge in [0.25, 0.3) is 0 Å². The number of hydrogen-bond donors (Lipinski definition) is 0. The van der Waals surface area contributed by atoms with Crippen molar-refractivity contribution in [2.45, 2.75) is 39.2 Å². The highest BCUT2D eigenvalue weighted by Gasteiger charge is 2.29. The summed E-state index contributed by atoms with van der Waals surface area (Å²) >= 11 is 0. The lowest BCUT2D eigenvalue weighted by molar-refractivity contribution is 0.301. The van der Waals surface area contributed by atoms with Crippen LogP contribution in [-0.4, -0.2) is 38.2 Å². The number of nitrogens with zero attached hydrogens (tertiary/aromatic N) is 5. The van der Waals surface area contributed by atoms with E-state index in [9.17, 15) is 0 Å². The Labute approximate surface area is 126 Å². The average Bonchev–Trinajstić information content (AvgIpc) is 3.05. The summed E-state index contributed by atoms with van der Waals surface area (Å²) in [4.78, 5) is 11.6. The van der Waals surface area contributed by atoms with Crippen molar-refractivity contribution in [3.8, 4) is 5.82 Å². The van der Waals surface area contributed by atoms with E-state index in [0.717, 1.165) is 36.9 Å². The Bertz CT molecular complexity index is 590. The van der Waals surface area contributed by atoms with Crippen LogP contribution in [0.2, 0.25) is 0 Å². The summed E-state index contributed by atoms with van der Waals surface area (Å²) in [5.41, 5.74) is 0. The van der Waals surface area contributed by atoms with Gasteiger partial charge in [0, 0.05) is 12.6 Å². The average molecular weight is 285 g/mol. The van der Waals surface area contributed by atoms with Crippen molar-refractivity contribution < 1.29 is 0 Å². The first kappa shape index (κ1) is 14.2. The summed E-state index contributed by atoms with van der Waals surface area (Å²) < 4.78 is 1.93. The van der Waals surface area contributed by atoms with Gasteiger partial charge < -0.3 is 0 Å². The van der Waals surface area contributed by atoms with Gasteiger partial charge in [-0.3, -0.25) is 4.90 Å². The molecule has 112 valence electrons. The topological polar surface area (TPSA) is 46.8 Å².